The van der Waals surface area contributed by atoms with Crippen molar-refractivity contribution in [2.24, 2.45) is 11.8 Å². The van der Waals surface area contributed by atoms with Crippen molar-refractivity contribution in [3.8, 4) is 23.0 Å². The smallest absolute Gasteiger partial charge is 0.313 e. The molecule has 2 heterocycles. The van der Waals surface area contributed by atoms with Gasteiger partial charge in [0.1, 0.15) is 11.3 Å². The number of carbonyl (C=O) groups is 2. The number of pyridine rings is 1. The lowest BCUT2D eigenvalue weighted by molar-refractivity contribution is -0.136. The molecule has 1 fully saturated rings. The zero-order valence-electron chi connectivity index (χ0n) is 22.5. The van der Waals surface area contributed by atoms with E-state index in [-0.39, 0.29) is 11.4 Å². The van der Waals surface area contributed by atoms with E-state index >= 15 is 0 Å². The topological polar surface area (TPSA) is 111 Å². The number of methoxy groups -OCH3 is 1. The zero-order valence-corrected chi connectivity index (χ0v) is 22.5. The maximum Gasteiger partial charge on any atom is 0.313 e. The fraction of sp³-hybridized carbons (Fsp3) is 0.414. The van der Waals surface area contributed by atoms with Crippen molar-refractivity contribution in [1.82, 2.24) is 15.6 Å². The van der Waals surface area contributed by atoms with Gasteiger partial charge in [-0.1, -0.05) is 13.8 Å². The van der Waals surface area contributed by atoms with Crippen molar-refractivity contribution in [3.05, 3.63) is 48.4 Å². The van der Waals surface area contributed by atoms with E-state index in [1.54, 1.807) is 25.4 Å². The second-order valence-electron chi connectivity index (χ2n) is 9.95. The second kappa shape index (κ2) is 13.2. The van der Waals surface area contributed by atoms with Gasteiger partial charge in [0.2, 0.25) is 0 Å². The number of anilines is 1. The Labute approximate surface area is 227 Å². The van der Waals surface area contributed by atoms with Crippen LogP contribution in [-0.2, 0) is 9.59 Å². The fourth-order valence-electron chi connectivity index (χ4n) is 4.33. The van der Waals surface area contributed by atoms with Gasteiger partial charge < -0.3 is 30.2 Å². The highest BCUT2D eigenvalue weighted by Gasteiger charge is 2.19. The van der Waals surface area contributed by atoms with Crippen molar-refractivity contribution in [1.29, 1.82) is 0 Å². The van der Waals surface area contributed by atoms with Gasteiger partial charge in [-0.25, -0.2) is 4.39 Å². The molecule has 0 unspecified atom stereocenters. The number of rotatable bonds is 10. The second-order valence-corrected chi connectivity index (χ2v) is 9.95. The number of halogens is 1. The Morgan fingerprint density at radius 1 is 1.08 bits per heavy atom. The number of nitrogens with zero attached hydrogens (tertiary/aromatic N) is 1. The van der Waals surface area contributed by atoms with Crippen molar-refractivity contribution < 1.29 is 28.2 Å². The minimum absolute atomic E-state index is 0.0490. The molecule has 0 atom stereocenters. The number of hydrogen-bond donors (Lipinski definition) is 3. The molecule has 0 bridgehead atoms. The quantitative estimate of drug-likeness (QED) is 0.322. The molecule has 2 aromatic carbocycles. The summed E-state index contributed by atoms with van der Waals surface area (Å²) in [5.41, 5.74) is 0.672. The van der Waals surface area contributed by atoms with Gasteiger partial charge in [-0.3, -0.25) is 14.6 Å². The average molecular weight is 539 g/mol. The molecule has 10 heteroatoms. The van der Waals surface area contributed by atoms with Crippen LogP contribution in [0.5, 0.6) is 23.0 Å². The highest BCUT2D eigenvalue weighted by Crippen LogP contribution is 2.40. The third-order valence-electron chi connectivity index (χ3n) is 6.55. The minimum atomic E-state index is -0.864. The molecule has 1 aromatic heterocycles. The summed E-state index contributed by atoms with van der Waals surface area (Å²) in [6, 6.07) is 9.20. The summed E-state index contributed by atoms with van der Waals surface area (Å²) < 4.78 is 32.5. The Morgan fingerprint density at radius 2 is 1.85 bits per heavy atom. The molecule has 1 aliphatic heterocycles. The monoisotopic (exact) mass is 538 g/mol. The van der Waals surface area contributed by atoms with E-state index in [2.05, 4.69) is 20.9 Å². The standard InChI is InChI=1S/C29H35FN4O5/c1-18(2)8-14-33-28(35)29(36)34-20-4-6-24(22(30)16-20)39-23-11-15-32-26-21(23)5-7-25(27(26)37-3)38-17-19-9-12-31-13-10-19/h4-7,11,15-16,18-19,31H,8-10,12-14,17H2,1-3H3,(H,33,35)(H,34,36). The van der Waals surface area contributed by atoms with Gasteiger partial charge in [-0.05, 0) is 74.5 Å². The number of hydrogen-bond acceptors (Lipinski definition) is 7. The van der Waals surface area contributed by atoms with E-state index in [0.717, 1.165) is 38.4 Å². The van der Waals surface area contributed by atoms with Gasteiger partial charge in [0.25, 0.3) is 0 Å². The lowest BCUT2D eigenvalue weighted by atomic mass is 9.99. The van der Waals surface area contributed by atoms with Gasteiger partial charge in [0.15, 0.2) is 23.1 Å². The Kier molecular flexibility index (Phi) is 9.54. The first kappa shape index (κ1) is 28.1. The molecule has 3 N–H and O–H groups in total. The number of fused-ring (bicyclic) bond motifs is 1. The fourth-order valence-corrected chi connectivity index (χ4v) is 4.33. The van der Waals surface area contributed by atoms with Gasteiger partial charge in [0.05, 0.1) is 13.7 Å². The predicted octanol–water partition coefficient (Wildman–Crippen LogP) is 4.65. The minimum Gasteiger partial charge on any atom is -0.491 e. The first-order chi connectivity index (χ1) is 18.9. The predicted molar refractivity (Wildman–Crippen MR) is 147 cm³/mol. The molecule has 3 aromatic rings. The van der Waals surface area contributed by atoms with E-state index in [1.165, 1.54) is 12.1 Å². The van der Waals surface area contributed by atoms with Crippen LogP contribution in [0.4, 0.5) is 10.1 Å². The summed E-state index contributed by atoms with van der Waals surface area (Å²) in [5.74, 6) is -0.0606. The van der Waals surface area contributed by atoms with Crippen LogP contribution in [0.25, 0.3) is 10.9 Å². The van der Waals surface area contributed by atoms with E-state index < -0.39 is 17.6 Å². The Bertz CT molecular complexity index is 1310. The summed E-state index contributed by atoms with van der Waals surface area (Å²) >= 11 is 0. The summed E-state index contributed by atoms with van der Waals surface area (Å²) in [6.07, 6.45) is 4.43. The third-order valence-corrected chi connectivity index (χ3v) is 6.55. The van der Waals surface area contributed by atoms with Gasteiger partial charge >= 0.3 is 11.8 Å². The van der Waals surface area contributed by atoms with E-state index in [9.17, 15) is 14.0 Å². The van der Waals surface area contributed by atoms with Crippen molar-refractivity contribution in [2.75, 3.05) is 38.7 Å². The molecule has 0 saturated carbocycles. The van der Waals surface area contributed by atoms with Crippen LogP contribution < -0.4 is 30.2 Å². The third kappa shape index (κ3) is 7.35. The molecule has 4 rings (SSSR count). The Hall–Kier alpha value is -3.92. The number of amides is 2. The van der Waals surface area contributed by atoms with Crippen LogP contribution in [-0.4, -0.2) is 50.1 Å². The molecular formula is C29H35FN4O5. The number of ether oxygens (including phenoxy) is 3. The molecule has 1 saturated heterocycles. The molecule has 208 valence electrons. The first-order valence-corrected chi connectivity index (χ1v) is 13.2. The molecule has 39 heavy (non-hydrogen) atoms. The number of nitrogens with one attached hydrogen (secondary N) is 3. The van der Waals surface area contributed by atoms with Crippen molar-refractivity contribution in [3.63, 3.8) is 0 Å². The summed E-state index contributed by atoms with van der Waals surface area (Å²) in [5, 5.41) is 8.93. The number of carbonyl (C=O) groups excluding carboxylic acids is 2. The molecule has 0 radical (unpaired) electrons. The number of aromatic nitrogens is 1. The highest BCUT2D eigenvalue weighted by atomic mass is 19.1. The van der Waals surface area contributed by atoms with Crippen LogP contribution in [0.2, 0.25) is 0 Å². The van der Waals surface area contributed by atoms with Crippen LogP contribution in [0.1, 0.15) is 33.1 Å². The van der Waals surface area contributed by atoms with Crippen LogP contribution >= 0.6 is 0 Å². The van der Waals surface area contributed by atoms with Gasteiger partial charge in [-0.15, -0.1) is 0 Å². The molecular weight excluding hydrogens is 503 g/mol. The summed E-state index contributed by atoms with van der Waals surface area (Å²) in [7, 11) is 1.55. The lowest BCUT2D eigenvalue weighted by Crippen LogP contribution is -2.36. The lowest BCUT2D eigenvalue weighted by Gasteiger charge is -2.23. The Balaban J connectivity index is 1.45. The molecule has 9 nitrogen and oxygen atoms in total. The van der Waals surface area contributed by atoms with Crippen molar-refractivity contribution >= 4 is 28.4 Å². The number of piperidine rings is 1. The van der Waals surface area contributed by atoms with E-state index in [0.29, 0.717) is 53.1 Å². The van der Waals surface area contributed by atoms with E-state index in [4.69, 9.17) is 14.2 Å². The zero-order chi connectivity index (χ0) is 27.8. The Morgan fingerprint density at radius 3 is 2.56 bits per heavy atom. The van der Waals surface area contributed by atoms with Gasteiger partial charge in [-0.2, -0.15) is 0 Å². The van der Waals surface area contributed by atoms with Crippen molar-refractivity contribution in [2.45, 2.75) is 33.1 Å². The largest absolute Gasteiger partial charge is 0.491 e. The first-order valence-electron chi connectivity index (χ1n) is 13.2. The molecule has 0 aliphatic carbocycles. The van der Waals surface area contributed by atoms with Crippen LogP contribution in [0, 0.1) is 17.7 Å². The van der Waals surface area contributed by atoms with Gasteiger partial charge in [0, 0.05) is 29.9 Å². The maximum absolute atomic E-state index is 14.9. The average Bonchev–Trinajstić information content (AvgIpc) is 2.93. The normalized spacial score (nSPS) is 13.8. The summed E-state index contributed by atoms with van der Waals surface area (Å²) in [6.45, 7) is 7.00. The van der Waals surface area contributed by atoms with E-state index in [1.807, 2.05) is 19.9 Å². The SMILES string of the molecule is COc1c(OCC2CCNCC2)ccc2c(Oc3ccc(NC(=O)C(=O)NCCC(C)C)cc3F)ccnc12. The van der Waals surface area contributed by atoms with Crippen LogP contribution in [0.15, 0.2) is 42.6 Å². The summed E-state index contributed by atoms with van der Waals surface area (Å²) in [4.78, 5) is 28.6. The maximum atomic E-state index is 14.9. The highest BCUT2D eigenvalue weighted by molar-refractivity contribution is 6.39. The number of benzene rings is 2. The molecule has 0 spiro atoms. The molecule has 2 amide bonds. The molecule has 1 aliphatic rings. The van der Waals surface area contributed by atoms with Crippen LogP contribution in [0.3, 0.4) is 0 Å².